The van der Waals surface area contributed by atoms with Crippen LogP contribution in [0.25, 0.3) is 22.3 Å². The summed E-state index contributed by atoms with van der Waals surface area (Å²) in [5, 5.41) is 22.9. The van der Waals surface area contributed by atoms with Gasteiger partial charge in [0, 0.05) is 5.56 Å². The molecule has 2 N–H and O–H groups in total. The molecule has 0 atom stereocenters. The van der Waals surface area contributed by atoms with Gasteiger partial charge in [-0.15, -0.1) is 0 Å². The molecule has 2 aromatic carbocycles. The number of aromatic carboxylic acids is 1. The molecule has 3 rings (SSSR count). The first kappa shape index (κ1) is 16.0. The van der Waals surface area contributed by atoms with E-state index in [0.717, 1.165) is 28.1 Å². The van der Waals surface area contributed by atoms with Gasteiger partial charge >= 0.3 is 5.97 Å². The fourth-order valence-corrected chi connectivity index (χ4v) is 2.97. The van der Waals surface area contributed by atoms with E-state index in [1.54, 1.807) is 6.07 Å². The van der Waals surface area contributed by atoms with E-state index in [1.165, 1.54) is 6.07 Å². The molecule has 5 nitrogen and oxygen atoms in total. The van der Waals surface area contributed by atoms with E-state index in [4.69, 9.17) is 4.52 Å². The van der Waals surface area contributed by atoms with E-state index in [2.05, 4.69) is 5.16 Å². The summed E-state index contributed by atoms with van der Waals surface area (Å²) in [5.41, 5.74) is 4.71. The van der Waals surface area contributed by atoms with Crippen molar-refractivity contribution < 1.29 is 19.5 Å². The summed E-state index contributed by atoms with van der Waals surface area (Å²) in [6, 6.07) is 12.7. The van der Waals surface area contributed by atoms with Crippen molar-refractivity contribution >= 4 is 5.97 Å². The number of aryl methyl sites for hydroxylation is 2. The third-order valence-electron chi connectivity index (χ3n) is 4.06. The maximum atomic E-state index is 11.4. The van der Waals surface area contributed by atoms with Crippen LogP contribution < -0.4 is 0 Å². The largest absolute Gasteiger partial charge is 0.478 e. The highest BCUT2D eigenvalue weighted by atomic mass is 16.5. The maximum absolute atomic E-state index is 11.4. The Bertz CT molecular complexity index is 892. The molecule has 0 aliphatic carbocycles. The number of hydrogen-bond donors (Lipinski definition) is 2. The molecule has 0 saturated heterocycles. The summed E-state index contributed by atoms with van der Waals surface area (Å²) in [5.74, 6) is -0.325. The van der Waals surface area contributed by atoms with Crippen molar-refractivity contribution in [2.45, 2.75) is 20.5 Å². The average Bonchev–Trinajstić information content (AvgIpc) is 2.92. The number of hydrogen-bond acceptors (Lipinski definition) is 4. The quantitative estimate of drug-likeness (QED) is 0.762. The highest BCUT2D eigenvalue weighted by molar-refractivity contribution is 5.92. The monoisotopic (exact) mass is 323 g/mol. The lowest BCUT2D eigenvalue weighted by atomic mass is 9.93. The van der Waals surface area contributed by atoms with Gasteiger partial charge in [0.2, 0.25) is 0 Å². The van der Waals surface area contributed by atoms with Crippen LogP contribution in [-0.4, -0.2) is 21.3 Å². The number of aliphatic hydroxyl groups excluding tert-OH is 1. The summed E-state index contributed by atoms with van der Waals surface area (Å²) in [4.78, 5) is 11.4. The van der Waals surface area contributed by atoms with Gasteiger partial charge in [-0.05, 0) is 48.2 Å². The second kappa shape index (κ2) is 6.29. The van der Waals surface area contributed by atoms with Gasteiger partial charge in [0.1, 0.15) is 5.76 Å². The molecule has 122 valence electrons. The van der Waals surface area contributed by atoms with Crippen molar-refractivity contribution in [1.82, 2.24) is 5.16 Å². The summed E-state index contributed by atoms with van der Waals surface area (Å²) >= 11 is 0. The molecule has 24 heavy (non-hydrogen) atoms. The van der Waals surface area contributed by atoms with Crippen LogP contribution in [0.1, 0.15) is 27.4 Å². The number of aliphatic hydroxyl groups is 1. The SMILES string of the molecule is Cc1noc(C)c1-c1cccc(-c2cccc(C(=O)O)c2CO)c1. The Morgan fingerprint density at radius 1 is 1.12 bits per heavy atom. The van der Waals surface area contributed by atoms with Crippen molar-refractivity contribution in [3.05, 3.63) is 65.0 Å². The van der Waals surface area contributed by atoms with Crippen molar-refractivity contribution in [3.63, 3.8) is 0 Å². The standard InChI is InChI=1S/C19H17NO4/c1-11-18(12(2)24-20-11)14-6-3-5-13(9-14)15-7-4-8-16(19(22)23)17(15)10-21/h3-9,21H,10H2,1-2H3,(H,22,23). The number of rotatable bonds is 4. The van der Waals surface area contributed by atoms with Gasteiger partial charge in [-0.2, -0.15) is 0 Å². The van der Waals surface area contributed by atoms with Crippen LogP contribution in [0.5, 0.6) is 0 Å². The molecule has 3 aromatic rings. The topological polar surface area (TPSA) is 83.6 Å². The van der Waals surface area contributed by atoms with E-state index < -0.39 is 5.97 Å². The molecule has 0 unspecified atom stereocenters. The van der Waals surface area contributed by atoms with E-state index in [-0.39, 0.29) is 12.2 Å². The molecule has 0 aliphatic heterocycles. The van der Waals surface area contributed by atoms with Gasteiger partial charge in [-0.1, -0.05) is 35.5 Å². The third kappa shape index (κ3) is 2.70. The highest BCUT2D eigenvalue weighted by Gasteiger charge is 2.16. The van der Waals surface area contributed by atoms with Crippen LogP contribution in [0, 0.1) is 13.8 Å². The second-order valence-corrected chi connectivity index (χ2v) is 5.57. The lowest BCUT2D eigenvalue weighted by Gasteiger charge is -2.12. The minimum Gasteiger partial charge on any atom is -0.478 e. The lowest BCUT2D eigenvalue weighted by Crippen LogP contribution is -2.04. The van der Waals surface area contributed by atoms with Crippen LogP contribution in [0.2, 0.25) is 0 Å². The van der Waals surface area contributed by atoms with Gasteiger partial charge in [-0.3, -0.25) is 0 Å². The molecule has 0 fully saturated rings. The number of aromatic nitrogens is 1. The Labute approximate surface area is 139 Å². The van der Waals surface area contributed by atoms with Crippen molar-refractivity contribution in [2.75, 3.05) is 0 Å². The van der Waals surface area contributed by atoms with Gasteiger partial charge in [0.15, 0.2) is 0 Å². The van der Waals surface area contributed by atoms with Crippen LogP contribution in [0.3, 0.4) is 0 Å². The molecule has 0 spiro atoms. The van der Waals surface area contributed by atoms with Crippen LogP contribution in [0.4, 0.5) is 0 Å². The zero-order valence-corrected chi connectivity index (χ0v) is 13.4. The Morgan fingerprint density at radius 3 is 2.46 bits per heavy atom. The van der Waals surface area contributed by atoms with Gasteiger partial charge in [-0.25, -0.2) is 4.79 Å². The molecule has 5 heteroatoms. The highest BCUT2D eigenvalue weighted by Crippen LogP contribution is 2.32. The number of carboxylic acid groups (broad SMARTS) is 1. The molecular weight excluding hydrogens is 306 g/mol. The average molecular weight is 323 g/mol. The van der Waals surface area contributed by atoms with Crippen LogP contribution in [0.15, 0.2) is 47.0 Å². The second-order valence-electron chi connectivity index (χ2n) is 5.57. The minimum atomic E-state index is -1.05. The van der Waals surface area contributed by atoms with Gasteiger partial charge in [0.05, 0.1) is 17.9 Å². The number of benzene rings is 2. The summed E-state index contributed by atoms with van der Waals surface area (Å²) in [7, 11) is 0. The summed E-state index contributed by atoms with van der Waals surface area (Å²) < 4.78 is 5.22. The number of carbonyl (C=O) groups is 1. The van der Waals surface area contributed by atoms with Gasteiger partial charge < -0.3 is 14.7 Å². The molecule has 1 heterocycles. The number of carboxylic acids is 1. The first-order chi connectivity index (χ1) is 11.5. The lowest BCUT2D eigenvalue weighted by molar-refractivity contribution is 0.0693. The first-order valence-corrected chi connectivity index (χ1v) is 7.52. The van der Waals surface area contributed by atoms with E-state index in [9.17, 15) is 15.0 Å². The smallest absolute Gasteiger partial charge is 0.336 e. The Kier molecular flexibility index (Phi) is 4.18. The van der Waals surface area contributed by atoms with Crippen molar-refractivity contribution in [2.24, 2.45) is 0 Å². The molecule has 0 bridgehead atoms. The fourth-order valence-electron chi connectivity index (χ4n) is 2.97. The molecule has 0 amide bonds. The van der Waals surface area contributed by atoms with Crippen LogP contribution in [-0.2, 0) is 6.61 Å². The normalized spacial score (nSPS) is 10.8. The minimum absolute atomic E-state index is 0.109. The Balaban J connectivity index is 2.17. The summed E-state index contributed by atoms with van der Waals surface area (Å²) in [6.07, 6.45) is 0. The number of nitrogens with zero attached hydrogens (tertiary/aromatic N) is 1. The predicted molar refractivity (Wildman–Crippen MR) is 89.7 cm³/mol. The molecule has 0 radical (unpaired) electrons. The van der Waals surface area contributed by atoms with Crippen molar-refractivity contribution in [1.29, 1.82) is 0 Å². The van der Waals surface area contributed by atoms with Gasteiger partial charge in [0.25, 0.3) is 0 Å². The molecule has 1 aromatic heterocycles. The van der Waals surface area contributed by atoms with E-state index >= 15 is 0 Å². The molecule has 0 aliphatic rings. The first-order valence-electron chi connectivity index (χ1n) is 7.52. The van der Waals surface area contributed by atoms with E-state index in [0.29, 0.717) is 11.1 Å². The van der Waals surface area contributed by atoms with Crippen molar-refractivity contribution in [3.8, 4) is 22.3 Å². The Hall–Kier alpha value is -2.92. The maximum Gasteiger partial charge on any atom is 0.336 e. The zero-order valence-electron chi connectivity index (χ0n) is 13.4. The van der Waals surface area contributed by atoms with E-state index in [1.807, 2.05) is 44.2 Å². The zero-order chi connectivity index (χ0) is 17.3. The predicted octanol–water partition coefficient (Wildman–Crippen LogP) is 3.82. The summed E-state index contributed by atoms with van der Waals surface area (Å²) in [6.45, 7) is 3.39. The fraction of sp³-hybridized carbons (Fsp3) is 0.158. The Morgan fingerprint density at radius 2 is 1.83 bits per heavy atom. The van der Waals surface area contributed by atoms with Crippen LogP contribution >= 0.6 is 0 Å². The third-order valence-corrected chi connectivity index (χ3v) is 4.06. The molecular formula is C19H17NO4. The molecule has 0 saturated carbocycles.